The van der Waals surface area contributed by atoms with E-state index in [4.69, 9.17) is 14.2 Å². The van der Waals surface area contributed by atoms with Gasteiger partial charge in [-0.15, -0.1) is 6.58 Å². The number of hydrogen-bond acceptors (Lipinski definition) is 6. The molecule has 1 fully saturated rings. The van der Waals surface area contributed by atoms with Crippen LogP contribution >= 0.6 is 0 Å². The lowest BCUT2D eigenvalue weighted by Crippen LogP contribution is -2.26. The highest BCUT2D eigenvalue weighted by molar-refractivity contribution is 7.91. The molecule has 2 aliphatic rings. The van der Waals surface area contributed by atoms with E-state index in [1.54, 1.807) is 0 Å². The number of allylic oxidation sites excluding steroid dienone is 1. The molecule has 5 rings (SSSR count). The number of aryl methyl sites for hydroxylation is 2. The van der Waals surface area contributed by atoms with Gasteiger partial charge in [0.15, 0.2) is 0 Å². The summed E-state index contributed by atoms with van der Waals surface area (Å²) in [6, 6.07) is 21.3. The van der Waals surface area contributed by atoms with Crippen molar-refractivity contribution in [1.82, 2.24) is 0 Å². The van der Waals surface area contributed by atoms with Gasteiger partial charge in [0.05, 0.1) is 38.3 Å². The highest BCUT2D eigenvalue weighted by atomic mass is 32.2. The van der Waals surface area contributed by atoms with Crippen molar-refractivity contribution in [2.45, 2.75) is 63.7 Å². The predicted molar refractivity (Wildman–Crippen MR) is 175 cm³/mol. The Labute approximate surface area is 262 Å². The Kier molecular flexibility index (Phi) is 10.8. The Bertz CT molecular complexity index is 1530. The largest absolute Gasteiger partial charge is 0.493 e. The van der Waals surface area contributed by atoms with Crippen LogP contribution in [-0.4, -0.2) is 46.2 Å². The van der Waals surface area contributed by atoms with E-state index in [2.05, 4.69) is 43.0 Å². The van der Waals surface area contributed by atoms with Gasteiger partial charge < -0.3 is 14.2 Å². The zero-order valence-corrected chi connectivity index (χ0v) is 26.6. The quantitative estimate of drug-likeness (QED) is 0.148. The molecule has 3 aromatic carbocycles. The van der Waals surface area contributed by atoms with Crippen LogP contribution in [0.1, 0.15) is 66.7 Å². The second-order valence-corrected chi connectivity index (χ2v) is 14.4. The van der Waals surface area contributed by atoms with Crippen molar-refractivity contribution in [2.24, 2.45) is 5.92 Å². The second kappa shape index (κ2) is 14.9. The number of rotatable bonds is 13. The lowest BCUT2D eigenvalue weighted by Gasteiger charge is -2.22. The zero-order chi connectivity index (χ0) is 30.9. The zero-order valence-electron chi connectivity index (χ0n) is 25.8. The minimum absolute atomic E-state index is 0.0950. The first kappa shape index (κ1) is 31.8. The SMILES string of the molecule is C=CCCC(CC(=O)OC)c1ccc(OCCc2ccc3c(c2)-c2ccc(OCC4CCS(=O)(=O)CC4)cc2CCC3)cc1. The van der Waals surface area contributed by atoms with Crippen molar-refractivity contribution in [3.63, 3.8) is 0 Å². The number of ether oxygens (including phenoxy) is 3. The fraction of sp³-hybridized carbons (Fsp3) is 0.432. The smallest absolute Gasteiger partial charge is 0.306 e. The Morgan fingerprint density at radius 1 is 0.932 bits per heavy atom. The molecule has 0 radical (unpaired) electrons. The summed E-state index contributed by atoms with van der Waals surface area (Å²) in [6.45, 7) is 4.95. The number of sulfone groups is 1. The molecule has 0 spiro atoms. The third-order valence-corrected chi connectivity index (χ3v) is 10.7. The van der Waals surface area contributed by atoms with Gasteiger partial charge in [-0.1, -0.05) is 42.5 Å². The molecule has 1 heterocycles. The van der Waals surface area contributed by atoms with E-state index in [0.717, 1.165) is 55.6 Å². The van der Waals surface area contributed by atoms with Crippen molar-refractivity contribution >= 4 is 15.8 Å². The maximum Gasteiger partial charge on any atom is 0.306 e. The number of hydrogen-bond donors (Lipinski definition) is 0. The van der Waals surface area contributed by atoms with Gasteiger partial charge in [0.2, 0.25) is 0 Å². The fourth-order valence-electron chi connectivity index (χ4n) is 6.28. The highest BCUT2D eigenvalue weighted by Crippen LogP contribution is 2.36. The van der Waals surface area contributed by atoms with Gasteiger partial charge in [-0.25, -0.2) is 8.42 Å². The van der Waals surface area contributed by atoms with Gasteiger partial charge in [0.1, 0.15) is 21.3 Å². The predicted octanol–water partition coefficient (Wildman–Crippen LogP) is 7.28. The number of methoxy groups -OCH3 is 1. The van der Waals surface area contributed by atoms with Crippen molar-refractivity contribution in [1.29, 1.82) is 0 Å². The first-order chi connectivity index (χ1) is 21.3. The monoisotopic (exact) mass is 616 g/mol. The molecule has 6 nitrogen and oxygen atoms in total. The number of esters is 1. The summed E-state index contributed by atoms with van der Waals surface area (Å²) in [5.41, 5.74) is 7.58. The molecule has 3 aromatic rings. The molecule has 7 heteroatoms. The fourth-order valence-corrected chi connectivity index (χ4v) is 7.87. The van der Waals surface area contributed by atoms with Crippen LogP contribution in [0.5, 0.6) is 11.5 Å². The van der Waals surface area contributed by atoms with Gasteiger partial charge in [0.25, 0.3) is 0 Å². The minimum atomic E-state index is -2.86. The molecule has 0 aromatic heterocycles. The van der Waals surface area contributed by atoms with E-state index in [1.807, 2.05) is 30.3 Å². The molecular formula is C37H44O6S. The summed E-state index contributed by atoms with van der Waals surface area (Å²) in [5, 5.41) is 0. The van der Waals surface area contributed by atoms with Crippen molar-refractivity contribution in [3.05, 3.63) is 95.6 Å². The van der Waals surface area contributed by atoms with Gasteiger partial charge in [-0.05, 0) is 114 Å². The lowest BCUT2D eigenvalue weighted by atomic mass is 9.91. The Morgan fingerprint density at radius 2 is 1.68 bits per heavy atom. The van der Waals surface area contributed by atoms with Crippen LogP contribution in [0, 0.1) is 5.92 Å². The van der Waals surface area contributed by atoms with Crippen LogP contribution in [0.3, 0.4) is 0 Å². The van der Waals surface area contributed by atoms with Crippen molar-refractivity contribution in [2.75, 3.05) is 31.8 Å². The highest BCUT2D eigenvalue weighted by Gasteiger charge is 2.24. The Hall–Kier alpha value is -3.58. The Balaban J connectivity index is 1.19. The van der Waals surface area contributed by atoms with Crippen LogP contribution in [-0.2, 0) is 38.6 Å². The van der Waals surface area contributed by atoms with Gasteiger partial charge in [-0.2, -0.15) is 0 Å². The molecule has 0 bridgehead atoms. The van der Waals surface area contributed by atoms with E-state index in [-0.39, 0.29) is 23.4 Å². The van der Waals surface area contributed by atoms with E-state index < -0.39 is 9.84 Å². The van der Waals surface area contributed by atoms with E-state index in [9.17, 15) is 13.2 Å². The molecule has 44 heavy (non-hydrogen) atoms. The van der Waals surface area contributed by atoms with E-state index in [1.165, 1.54) is 34.9 Å². The molecule has 1 saturated heterocycles. The van der Waals surface area contributed by atoms with Crippen LogP contribution in [0.2, 0.25) is 0 Å². The normalized spacial score (nSPS) is 16.6. The van der Waals surface area contributed by atoms with Crippen LogP contribution in [0.4, 0.5) is 0 Å². The third-order valence-electron chi connectivity index (χ3n) is 8.96. The molecule has 1 atom stereocenters. The maximum absolute atomic E-state index is 11.9. The number of carbonyl (C=O) groups is 1. The van der Waals surface area contributed by atoms with Crippen LogP contribution < -0.4 is 9.47 Å². The molecule has 1 unspecified atom stereocenters. The molecule has 0 N–H and O–H groups in total. The summed E-state index contributed by atoms with van der Waals surface area (Å²) >= 11 is 0. The standard InChI is InChI=1S/C37H44O6S/c1-3-4-6-31(25-37(38)41-2)29-11-13-33(14-12-29)42-20-17-27-9-10-30-7-5-8-32-24-34(15-16-35(32)36(30)23-27)43-26-28-18-21-44(39,40)22-19-28/h3,9-16,23-24,28,31H,1,4-8,17-22,25-26H2,2H3. The first-order valence-electron chi connectivity index (χ1n) is 15.8. The third kappa shape index (κ3) is 8.53. The number of carbonyl (C=O) groups excluding carboxylic acids is 1. The molecule has 234 valence electrons. The van der Waals surface area contributed by atoms with Crippen molar-refractivity contribution in [3.8, 4) is 22.6 Å². The molecular weight excluding hydrogens is 572 g/mol. The summed E-state index contributed by atoms with van der Waals surface area (Å²) < 4.78 is 40.6. The summed E-state index contributed by atoms with van der Waals surface area (Å²) in [6.07, 6.45) is 9.25. The number of benzene rings is 3. The topological polar surface area (TPSA) is 78.9 Å². The molecule has 0 saturated carbocycles. The summed E-state index contributed by atoms with van der Waals surface area (Å²) in [5.74, 6) is 2.43. The molecule has 0 amide bonds. The van der Waals surface area contributed by atoms with E-state index in [0.29, 0.717) is 38.4 Å². The van der Waals surface area contributed by atoms with Gasteiger partial charge in [-0.3, -0.25) is 4.79 Å². The second-order valence-electron chi connectivity index (χ2n) is 12.1. The summed E-state index contributed by atoms with van der Waals surface area (Å²) in [4.78, 5) is 11.9. The maximum atomic E-state index is 11.9. The molecule has 1 aliphatic heterocycles. The average Bonchev–Trinajstić information content (AvgIpc) is 3.21. The summed E-state index contributed by atoms with van der Waals surface area (Å²) in [7, 11) is -1.43. The van der Waals surface area contributed by atoms with E-state index >= 15 is 0 Å². The van der Waals surface area contributed by atoms with Crippen LogP contribution in [0.15, 0.2) is 73.3 Å². The Morgan fingerprint density at radius 3 is 2.43 bits per heavy atom. The van der Waals surface area contributed by atoms with Gasteiger partial charge >= 0.3 is 5.97 Å². The molecule has 1 aliphatic carbocycles. The first-order valence-corrected chi connectivity index (χ1v) is 17.6. The van der Waals surface area contributed by atoms with Gasteiger partial charge in [0, 0.05) is 6.42 Å². The average molecular weight is 617 g/mol. The minimum Gasteiger partial charge on any atom is -0.493 e. The number of fused-ring (bicyclic) bond motifs is 3. The van der Waals surface area contributed by atoms with Crippen molar-refractivity contribution < 1.29 is 27.4 Å². The van der Waals surface area contributed by atoms with Crippen LogP contribution in [0.25, 0.3) is 11.1 Å². The lowest BCUT2D eigenvalue weighted by molar-refractivity contribution is -0.141.